The average Bonchev–Trinajstić information content (AvgIpc) is 2.63. The zero-order valence-corrected chi connectivity index (χ0v) is 14.8. The van der Waals surface area contributed by atoms with E-state index in [9.17, 15) is 4.79 Å². The fourth-order valence-electron chi connectivity index (χ4n) is 3.01. The van der Waals surface area contributed by atoms with Crippen molar-refractivity contribution >= 4 is 17.5 Å². The molecular weight excluding hydrogens is 338 g/mol. The van der Waals surface area contributed by atoms with E-state index in [0.29, 0.717) is 18.3 Å². The molecule has 0 unspecified atom stereocenters. The molecule has 2 aromatic rings. The molecular formula is C19H22ClN3O2. The highest BCUT2D eigenvalue weighted by Crippen LogP contribution is 2.21. The molecule has 1 aromatic carbocycles. The molecule has 1 fully saturated rings. The van der Waals surface area contributed by atoms with Crippen molar-refractivity contribution in [3.05, 3.63) is 58.9 Å². The van der Waals surface area contributed by atoms with E-state index in [1.54, 1.807) is 18.3 Å². The summed E-state index contributed by atoms with van der Waals surface area (Å²) in [7, 11) is 0. The summed E-state index contributed by atoms with van der Waals surface area (Å²) in [6.07, 6.45) is 3.74. The van der Waals surface area contributed by atoms with Gasteiger partial charge >= 0.3 is 0 Å². The zero-order valence-electron chi connectivity index (χ0n) is 14.0. The lowest BCUT2D eigenvalue weighted by atomic mass is 9.97. The summed E-state index contributed by atoms with van der Waals surface area (Å²) in [6.45, 7) is 3.72. The first-order chi connectivity index (χ1) is 12.1. The molecule has 1 aliphatic heterocycles. The monoisotopic (exact) mass is 359 g/mol. The SMILES string of the molecule is NC(=O)c1cc(OCC2CCN(Cc3ccc(Cl)cc3)CC2)ccn1. The lowest BCUT2D eigenvalue weighted by Crippen LogP contribution is -2.35. The van der Waals surface area contributed by atoms with Crippen molar-refractivity contribution in [2.75, 3.05) is 19.7 Å². The van der Waals surface area contributed by atoms with Gasteiger partial charge in [0.15, 0.2) is 0 Å². The van der Waals surface area contributed by atoms with Gasteiger partial charge in [-0.1, -0.05) is 23.7 Å². The largest absolute Gasteiger partial charge is 0.493 e. The van der Waals surface area contributed by atoms with Crippen LogP contribution in [0.15, 0.2) is 42.6 Å². The number of hydrogen-bond donors (Lipinski definition) is 1. The van der Waals surface area contributed by atoms with Crippen LogP contribution in [0.2, 0.25) is 5.02 Å². The van der Waals surface area contributed by atoms with Crippen molar-refractivity contribution in [2.45, 2.75) is 19.4 Å². The van der Waals surface area contributed by atoms with Gasteiger partial charge in [-0.15, -0.1) is 0 Å². The average molecular weight is 360 g/mol. The van der Waals surface area contributed by atoms with E-state index in [-0.39, 0.29) is 5.69 Å². The van der Waals surface area contributed by atoms with Crippen molar-refractivity contribution in [3.63, 3.8) is 0 Å². The lowest BCUT2D eigenvalue weighted by Gasteiger charge is -2.31. The van der Waals surface area contributed by atoms with Gasteiger partial charge in [0.1, 0.15) is 11.4 Å². The minimum atomic E-state index is -0.541. The fraction of sp³-hybridized carbons (Fsp3) is 0.368. The van der Waals surface area contributed by atoms with Crippen molar-refractivity contribution in [2.24, 2.45) is 11.7 Å². The highest BCUT2D eigenvalue weighted by atomic mass is 35.5. The molecule has 5 nitrogen and oxygen atoms in total. The maximum absolute atomic E-state index is 11.2. The molecule has 3 rings (SSSR count). The third-order valence-corrected chi connectivity index (χ3v) is 4.75. The van der Waals surface area contributed by atoms with Crippen LogP contribution in [-0.2, 0) is 6.54 Å². The van der Waals surface area contributed by atoms with E-state index in [4.69, 9.17) is 22.1 Å². The van der Waals surface area contributed by atoms with Crippen LogP contribution in [0.1, 0.15) is 28.9 Å². The van der Waals surface area contributed by atoms with Gasteiger partial charge in [0, 0.05) is 23.8 Å². The molecule has 0 radical (unpaired) electrons. The number of primary amides is 1. The van der Waals surface area contributed by atoms with Crippen LogP contribution < -0.4 is 10.5 Å². The van der Waals surface area contributed by atoms with Crippen LogP contribution in [-0.4, -0.2) is 35.5 Å². The molecule has 0 bridgehead atoms. The molecule has 0 spiro atoms. The first-order valence-electron chi connectivity index (χ1n) is 8.45. The smallest absolute Gasteiger partial charge is 0.267 e. The summed E-state index contributed by atoms with van der Waals surface area (Å²) in [6, 6.07) is 11.4. The number of halogens is 1. The second-order valence-electron chi connectivity index (χ2n) is 6.40. The van der Waals surface area contributed by atoms with Gasteiger partial charge < -0.3 is 10.5 Å². The van der Waals surface area contributed by atoms with Crippen molar-refractivity contribution in [1.29, 1.82) is 0 Å². The van der Waals surface area contributed by atoms with Gasteiger partial charge in [0.2, 0.25) is 0 Å². The number of hydrogen-bond acceptors (Lipinski definition) is 4. The molecule has 1 saturated heterocycles. The van der Waals surface area contributed by atoms with Gasteiger partial charge in [-0.2, -0.15) is 0 Å². The first-order valence-corrected chi connectivity index (χ1v) is 8.83. The Hall–Kier alpha value is -2.11. The Morgan fingerprint density at radius 1 is 1.24 bits per heavy atom. The molecule has 2 N–H and O–H groups in total. The number of likely N-dealkylation sites (tertiary alicyclic amines) is 1. The molecule has 2 heterocycles. The van der Waals surface area contributed by atoms with Crippen LogP contribution >= 0.6 is 11.6 Å². The van der Waals surface area contributed by atoms with Crippen LogP contribution in [0.3, 0.4) is 0 Å². The second-order valence-corrected chi connectivity index (χ2v) is 6.83. The van der Waals surface area contributed by atoms with Crippen LogP contribution in [0.25, 0.3) is 0 Å². The van der Waals surface area contributed by atoms with Gasteiger partial charge in [-0.05, 0) is 55.6 Å². The fourth-order valence-corrected chi connectivity index (χ4v) is 3.13. The number of carbonyl (C=O) groups excluding carboxylic acids is 1. The highest BCUT2D eigenvalue weighted by molar-refractivity contribution is 6.30. The number of nitrogens with two attached hydrogens (primary N) is 1. The van der Waals surface area contributed by atoms with Gasteiger partial charge in [0.25, 0.3) is 5.91 Å². The summed E-state index contributed by atoms with van der Waals surface area (Å²) >= 11 is 5.93. The maximum Gasteiger partial charge on any atom is 0.267 e. The normalized spacial score (nSPS) is 15.9. The van der Waals surface area contributed by atoms with Gasteiger partial charge in [-0.25, -0.2) is 0 Å². The number of pyridine rings is 1. The van der Waals surface area contributed by atoms with E-state index < -0.39 is 5.91 Å². The topological polar surface area (TPSA) is 68.5 Å². The molecule has 1 aromatic heterocycles. The summed E-state index contributed by atoms with van der Waals surface area (Å²) in [4.78, 5) is 17.5. The first kappa shape index (κ1) is 17.7. The van der Waals surface area contributed by atoms with Gasteiger partial charge in [-0.3, -0.25) is 14.7 Å². The highest BCUT2D eigenvalue weighted by Gasteiger charge is 2.20. The quantitative estimate of drug-likeness (QED) is 0.860. The Kier molecular flexibility index (Phi) is 5.89. The Bertz CT molecular complexity index is 713. The Labute approximate surface area is 152 Å². The van der Waals surface area contributed by atoms with Crippen molar-refractivity contribution in [3.8, 4) is 5.75 Å². The van der Waals surface area contributed by atoms with Gasteiger partial charge in [0.05, 0.1) is 6.61 Å². The number of rotatable bonds is 6. The summed E-state index contributed by atoms with van der Waals surface area (Å²) in [5.74, 6) is 0.625. The maximum atomic E-state index is 11.2. The van der Waals surface area contributed by atoms with Crippen LogP contribution in [0.4, 0.5) is 0 Å². The van der Waals surface area contributed by atoms with Crippen LogP contribution in [0.5, 0.6) is 5.75 Å². The lowest BCUT2D eigenvalue weighted by molar-refractivity contribution is 0.0994. The molecule has 0 atom stereocenters. The number of piperidine rings is 1. The van der Waals surface area contributed by atoms with E-state index in [1.165, 1.54) is 5.56 Å². The molecule has 1 aliphatic rings. The van der Waals surface area contributed by atoms with E-state index in [2.05, 4.69) is 22.0 Å². The van der Waals surface area contributed by atoms with E-state index >= 15 is 0 Å². The third kappa shape index (κ3) is 5.18. The number of aromatic nitrogens is 1. The Balaban J connectivity index is 1.44. The molecule has 0 aliphatic carbocycles. The minimum Gasteiger partial charge on any atom is -0.493 e. The van der Waals surface area contributed by atoms with E-state index in [0.717, 1.165) is 37.5 Å². The zero-order chi connectivity index (χ0) is 17.6. The standard InChI is InChI=1S/C19H22ClN3O2/c20-16-3-1-14(2-4-16)12-23-9-6-15(7-10-23)13-25-17-5-8-22-18(11-17)19(21)24/h1-5,8,11,15H,6-7,9-10,12-13H2,(H2,21,24). The van der Waals surface area contributed by atoms with Crippen LogP contribution in [0, 0.1) is 5.92 Å². The van der Waals surface area contributed by atoms with Crippen molar-refractivity contribution in [1.82, 2.24) is 9.88 Å². The number of benzene rings is 1. The third-order valence-electron chi connectivity index (χ3n) is 4.50. The molecule has 0 saturated carbocycles. The van der Waals surface area contributed by atoms with E-state index in [1.807, 2.05) is 12.1 Å². The number of nitrogens with zero attached hydrogens (tertiary/aromatic N) is 2. The minimum absolute atomic E-state index is 0.232. The molecule has 132 valence electrons. The summed E-state index contributed by atoms with van der Waals surface area (Å²) in [5.41, 5.74) is 6.76. The molecule has 25 heavy (non-hydrogen) atoms. The Morgan fingerprint density at radius 3 is 2.64 bits per heavy atom. The molecule has 6 heteroatoms. The summed E-state index contributed by atoms with van der Waals surface area (Å²) in [5, 5.41) is 0.773. The summed E-state index contributed by atoms with van der Waals surface area (Å²) < 4.78 is 5.82. The predicted octanol–water partition coefficient (Wildman–Crippen LogP) is 3.12. The second kappa shape index (κ2) is 8.32. The number of carbonyl (C=O) groups is 1. The number of amides is 1. The number of ether oxygens (including phenoxy) is 1. The van der Waals surface area contributed by atoms with Crippen molar-refractivity contribution < 1.29 is 9.53 Å². The predicted molar refractivity (Wildman–Crippen MR) is 97.7 cm³/mol. The molecule has 1 amide bonds. The Morgan fingerprint density at radius 2 is 1.96 bits per heavy atom.